The maximum Gasteiger partial charge on any atom is 0.336 e. The van der Waals surface area contributed by atoms with E-state index in [1.807, 2.05) is 18.6 Å². The number of thiophene rings is 1. The number of nitrogens with zero attached hydrogens (tertiary/aromatic N) is 3. The number of H-pyrrole nitrogens is 1. The van der Waals surface area contributed by atoms with E-state index < -0.39 is 36.4 Å². The van der Waals surface area contributed by atoms with Gasteiger partial charge in [0.15, 0.2) is 5.60 Å². The summed E-state index contributed by atoms with van der Waals surface area (Å²) in [6.07, 6.45) is 4.41. The molecule has 4 rings (SSSR count). The van der Waals surface area contributed by atoms with Crippen LogP contribution >= 0.6 is 11.3 Å². The maximum atomic E-state index is 10.3. The largest absolute Gasteiger partial charge is 0.481 e. The third-order valence-corrected chi connectivity index (χ3v) is 6.77. The van der Waals surface area contributed by atoms with Crippen LogP contribution in [0, 0.1) is 0 Å². The van der Waals surface area contributed by atoms with Crippen molar-refractivity contribution in [1.29, 1.82) is 0 Å². The first kappa shape index (κ1) is 30.2. The summed E-state index contributed by atoms with van der Waals surface area (Å²) in [6, 6.07) is 19.1. The fourth-order valence-corrected chi connectivity index (χ4v) is 4.67. The molecule has 4 aromatic rings. The van der Waals surface area contributed by atoms with Crippen LogP contribution in [0.25, 0.3) is 10.6 Å². The van der Waals surface area contributed by atoms with Crippen molar-refractivity contribution in [2.24, 2.45) is 0 Å². The number of benzene rings is 1. The molecule has 0 saturated carbocycles. The molecule has 0 amide bonds. The molecule has 0 saturated heterocycles. The summed E-state index contributed by atoms with van der Waals surface area (Å²) in [5, 5.41) is 43.4. The molecule has 5 N–H and O–H groups in total. The predicted octanol–water partition coefficient (Wildman–Crippen LogP) is 3.53. The Kier molecular flexibility index (Phi) is 11.1. The third-order valence-electron chi connectivity index (χ3n) is 5.88. The van der Waals surface area contributed by atoms with Crippen molar-refractivity contribution in [2.75, 3.05) is 6.54 Å². The van der Waals surface area contributed by atoms with Gasteiger partial charge < -0.3 is 20.4 Å². The Labute approximate surface area is 234 Å². The number of hydrogen-bond acceptors (Lipinski definition) is 8. The van der Waals surface area contributed by atoms with Gasteiger partial charge in [-0.1, -0.05) is 36.4 Å². The quantitative estimate of drug-likeness (QED) is 0.161. The SMILES string of the molecule is O=C(O)CC(O)(CC(=O)O)C(=O)O.c1ccc(CCN(Cc2ccncc2)Cc2cn[nH]c2-c2cccs2)cc1. The fourth-order valence-electron chi connectivity index (χ4n) is 3.91. The Balaban J connectivity index is 0.000000289. The van der Waals surface area contributed by atoms with Gasteiger partial charge in [0.05, 0.1) is 29.6 Å². The van der Waals surface area contributed by atoms with E-state index in [0.29, 0.717) is 0 Å². The lowest BCUT2D eigenvalue weighted by atomic mass is 9.96. The third kappa shape index (κ3) is 9.42. The smallest absolute Gasteiger partial charge is 0.336 e. The molecule has 3 aromatic heterocycles. The summed E-state index contributed by atoms with van der Waals surface area (Å²) >= 11 is 1.74. The zero-order chi connectivity index (χ0) is 29.0. The first-order valence-electron chi connectivity index (χ1n) is 12.3. The molecule has 12 heteroatoms. The minimum absolute atomic E-state index is 0.860. The number of carbonyl (C=O) groups is 3. The molecule has 0 unspecified atom stereocenters. The van der Waals surface area contributed by atoms with E-state index in [2.05, 4.69) is 80.1 Å². The van der Waals surface area contributed by atoms with Crippen LogP contribution in [0.1, 0.15) is 29.5 Å². The van der Waals surface area contributed by atoms with Gasteiger partial charge in [0.1, 0.15) is 0 Å². The number of aliphatic carboxylic acids is 3. The fraction of sp³-hybridized carbons (Fsp3) is 0.250. The lowest BCUT2D eigenvalue weighted by Gasteiger charge is -2.22. The highest BCUT2D eigenvalue weighted by Crippen LogP contribution is 2.27. The van der Waals surface area contributed by atoms with Crippen LogP contribution in [0.15, 0.2) is 78.6 Å². The Bertz CT molecular complexity index is 1350. The highest BCUT2D eigenvalue weighted by molar-refractivity contribution is 7.13. The Morgan fingerprint density at radius 1 is 0.875 bits per heavy atom. The summed E-state index contributed by atoms with van der Waals surface area (Å²) in [7, 11) is 0. The van der Waals surface area contributed by atoms with Crippen molar-refractivity contribution in [3.8, 4) is 10.6 Å². The van der Waals surface area contributed by atoms with Crippen LogP contribution in [0.3, 0.4) is 0 Å². The maximum absolute atomic E-state index is 10.3. The van der Waals surface area contributed by atoms with Crippen molar-refractivity contribution in [2.45, 2.75) is 38.0 Å². The summed E-state index contributed by atoms with van der Waals surface area (Å²) in [5.41, 5.74) is 2.27. The predicted molar refractivity (Wildman–Crippen MR) is 147 cm³/mol. The molecule has 0 atom stereocenters. The van der Waals surface area contributed by atoms with Crippen LogP contribution in [0.5, 0.6) is 0 Å². The molecule has 1 aromatic carbocycles. The first-order chi connectivity index (χ1) is 19.2. The van der Waals surface area contributed by atoms with E-state index in [0.717, 1.165) is 31.7 Å². The van der Waals surface area contributed by atoms with E-state index in [1.165, 1.54) is 21.6 Å². The van der Waals surface area contributed by atoms with Gasteiger partial charge in [0.25, 0.3) is 0 Å². The van der Waals surface area contributed by atoms with Crippen molar-refractivity contribution in [1.82, 2.24) is 20.1 Å². The number of nitrogens with one attached hydrogen (secondary N) is 1. The van der Waals surface area contributed by atoms with Gasteiger partial charge in [-0.05, 0) is 41.1 Å². The van der Waals surface area contributed by atoms with Crippen LogP contribution in [-0.4, -0.2) is 70.6 Å². The summed E-state index contributed by atoms with van der Waals surface area (Å²) in [4.78, 5) is 38.3. The average Bonchev–Trinajstić information content (AvgIpc) is 3.60. The zero-order valence-electron chi connectivity index (χ0n) is 21.5. The summed E-state index contributed by atoms with van der Waals surface area (Å²) in [5.74, 6) is -5.02. The van der Waals surface area contributed by atoms with Crippen LogP contribution < -0.4 is 0 Å². The van der Waals surface area contributed by atoms with Gasteiger partial charge in [0, 0.05) is 37.6 Å². The number of aromatic amines is 1. The first-order valence-corrected chi connectivity index (χ1v) is 13.1. The van der Waals surface area contributed by atoms with Gasteiger partial charge in [-0.15, -0.1) is 11.3 Å². The molecular formula is C28H30N4O7S. The highest BCUT2D eigenvalue weighted by atomic mass is 32.1. The molecule has 11 nitrogen and oxygen atoms in total. The highest BCUT2D eigenvalue weighted by Gasteiger charge is 2.40. The van der Waals surface area contributed by atoms with Crippen molar-refractivity contribution in [3.63, 3.8) is 0 Å². The Hall–Kier alpha value is -4.39. The van der Waals surface area contributed by atoms with E-state index in [4.69, 9.17) is 20.4 Å². The minimum atomic E-state index is -2.74. The molecule has 0 fully saturated rings. The minimum Gasteiger partial charge on any atom is -0.481 e. The van der Waals surface area contributed by atoms with Crippen LogP contribution in [0.4, 0.5) is 0 Å². The van der Waals surface area contributed by atoms with Gasteiger partial charge in [-0.3, -0.25) is 24.6 Å². The number of hydrogen-bond donors (Lipinski definition) is 5. The van der Waals surface area contributed by atoms with Crippen molar-refractivity contribution >= 4 is 29.2 Å². The van der Waals surface area contributed by atoms with Crippen LogP contribution in [0.2, 0.25) is 0 Å². The second-order valence-corrected chi connectivity index (χ2v) is 9.97. The number of carboxylic acids is 3. The Morgan fingerprint density at radius 3 is 2.12 bits per heavy atom. The van der Waals surface area contributed by atoms with Gasteiger partial charge in [0.2, 0.25) is 0 Å². The number of aromatic nitrogens is 3. The van der Waals surface area contributed by atoms with E-state index in [-0.39, 0.29) is 0 Å². The van der Waals surface area contributed by atoms with E-state index in [1.54, 1.807) is 11.3 Å². The molecule has 0 aliphatic heterocycles. The molecule has 210 valence electrons. The van der Waals surface area contributed by atoms with Gasteiger partial charge in [-0.25, -0.2) is 4.79 Å². The summed E-state index contributed by atoms with van der Waals surface area (Å²) < 4.78 is 0. The lowest BCUT2D eigenvalue weighted by Crippen LogP contribution is -2.42. The topological polar surface area (TPSA) is 177 Å². The van der Waals surface area contributed by atoms with Gasteiger partial charge >= 0.3 is 17.9 Å². The number of aliphatic hydroxyl groups is 1. The lowest BCUT2D eigenvalue weighted by molar-refractivity contribution is -0.170. The second-order valence-electron chi connectivity index (χ2n) is 9.03. The molecule has 3 heterocycles. The van der Waals surface area contributed by atoms with Crippen molar-refractivity contribution < 1.29 is 34.8 Å². The van der Waals surface area contributed by atoms with E-state index in [9.17, 15) is 14.4 Å². The second kappa shape index (κ2) is 14.7. The molecule has 40 heavy (non-hydrogen) atoms. The van der Waals surface area contributed by atoms with Gasteiger partial charge in [-0.2, -0.15) is 5.10 Å². The number of rotatable bonds is 13. The standard InChI is InChI=1S/C22H22N4S.C6H8O7/c1-2-5-18(6-3-1)10-13-26(16-19-8-11-23-12-9-19)17-20-15-24-25-22(20)21-7-4-14-27-21;7-3(8)1-6(13,5(11)12)2-4(9)10/h1-9,11-12,14-15H,10,13,16-17H2,(H,24,25);13H,1-2H2,(H,7,8)(H,9,10)(H,11,12). The monoisotopic (exact) mass is 566 g/mol. The molecule has 0 aliphatic carbocycles. The molecule has 0 aliphatic rings. The number of pyridine rings is 1. The van der Waals surface area contributed by atoms with E-state index >= 15 is 0 Å². The zero-order valence-corrected chi connectivity index (χ0v) is 22.3. The molecule has 0 bridgehead atoms. The average molecular weight is 567 g/mol. The van der Waals surface area contributed by atoms with Crippen LogP contribution in [-0.2, 0) is 33.9 Å². The molecule has 0 radical (unpaired) electrons. The molecular weight excluding hydrogens is 536 g/mol. The summed E-state index contributed by atoms with van der Waals surface area (Å²) in [6.45, 7) is 2.74. The number of carboxylic acid groups (broad SMARTS) is 3. The van der Waals surface area contributed by atoms with Crippen molar-refractivity contribution in [3.05, 3.63) is 95.3 Å². The normalized spacial score (nSPS) is 11.1. The molecule has 0 spiro atoms. The Morgan fingerprint density at radius 2 is 1.55 bits per heavy atom.